The predicted octanol–water partition coefficient (Wildman–Crippen LogP) is 6.39. The maximum Gasteiger partial charge on any atom is 0.326 e. The van der Waals surface area contributed by atoms with Crippen LogP contribution in [0.15, 0.2) is 74.4 Å². The number of likely N-dealkylation sites (tertiary alicyclic amines) is 1. The molecule has 7 aromatic heterocycles. The number of carbonyl (C=O) groups excluding carboxylic acids is 6. The third kappa shape index (κ3) is 12.1. The highest BCUT2D eigenvalue weighted by molar-refractivity contribution is 7.15. The summed E-state index contributed by atoms with van der Waals surface area (Å²) in [5, 5.41) is 46.3. The van der Waals surface area contributed by atoms with Gasteiger partial charge in [0.05, 0.1) is 30.7 Å². The summed E-state index contributed by atoms with van der Waals surface area (Å²) >= 11 is 7.17. The second-order valence-electron chi connectivity index (χ2n) is 19.8. The summed E-state index contributed by atoms with van der Waals surface area (Å²) in [4.78, 5) is 134. The fourth-order valence-electron chi connectivity index (χ4n) is 9.43. The molecule has 0 spiro atoms. The molecule has 3 aliphatic heterocycles. The minimum absolute atomic E-state index is 0.0186. The molecule has 1 saturated heterocycles. The number of hydrogen-bond acceptors (Lipinski definition) is 23. The van der Waals surface area contributed by atoms with E-state index in [9.17, 15) is 43.8 Å². The lowest BCUT2D eigenvalue weighted by Gasteiger charge is -2.23. The number of pyridine rings is 1. The van der Waals surface area contributed by atoms with Crippen LogP contribution in [0.2, 0.25) is 0 Å². The highest BCUT2D eigenvalue weighted by atomic mass is 32.1. The number of carbonyl (C=O) groups is 7. The SMILES string of the molecule is CNC(=O)C[C@H]1NC(=O)c2csc(n2)-c2ccc(-c3nc(C4=N[C@H](C(=O)N5CCC[C@H]5C(=O)O)CO4)cs3)nc2-c2csc(n2)-c2csc(n2)[C@H]([C@@H](O)c2ccccc2)NC(=O)CNC(=O)c2csc(n2)[C@H](C(C)C)NC(=O)c2nc1sc2C. The van der Waals surface area contributed by atoms with Crippen molar-refractivity contribution < 1.29 is 48.5 Å². The van der Waals surface area contributed by atoms with Gasteiger partial charge < -0.3 is 46.4 Å². The van der Waals surface area contributed by atoms with Crippen LogP contribution in [0.3, 0.4) is 0 Å². The molecule has 0 unspecified atom stereocenters. The Morgan fingerprint density at radius 3 is 2.14 bits per heavy atom. The zero-order valence-corrected chi connectivity index (χ0v) is 49.7. The third-order valence-corrected chi connectivity index (χ3v) is 19.3. The maximum atomic E-state index is 14.3. The van der Waals surface area contributed by atoms with Crippen molar-refractivity contribution in [3.63, 3.8) is 0 Å². The Kier molecular flexibility index (Phi) is 16.9. The average Bonchev–Trinajstić information content (AvgIpc) is 3.02. The van der Waals surface area contributed by atoms with Gasteiger partial charge in [0, 0.05) is 50.9 Å². The fraction of sp³-hybridized carbons (Fsp3) is 0.315. The van der Waals surface area contributed by atoms with Crippen molar-refractivity contribution in [2.45, 2.75) is 76.3 Å². The second kappa shape index (κ2) is 24.6. The van der Waals surface area contributed by atoms with E-state index in [1.54, 1.807) is 70.9 Å². The van der Waals surface area contributed by atoms with Gasteiger partial charge in [-0.2, -0.15) is 0 Å². The van der Waals surface area contributed by atoms with E-state index < -0.39 is 84.3 Å². The Bertz CT molecular complexity index is 3890. The fourth-order valence-corrected chi connectivity index (χ4v) is 14.7. The van der Waals surface area contributed by atoms with Crippen molar-refractivity contribution >= 4 is 115 Å². The molecule has 11 rings (SSSR count). The topological polar surface area (TPSA) is 335 Å². The first-order chi connectivity index (χ1) is 40.5. The number of thiazole rings is 6. The molecule has 10 bridgehead atoms. The molecule has 0 radical (unpaired) electrons. The number of aromatic nitrogens is 7. The highest BCUT2D eigenvalue weighted by Gasteiger charge is 2.40. The van der Waals surface area contributed by atoms with E-state index in [2.05, 4.69) is 41.5 Å². The molecule has 84 heavy (non-hydrogen) atoms. The molecular formula is C54H50N14O10S6. The molecule has 24 nitrogen and oxygen atoms in total. The first-order valence-electron chi connectivity index (χ1n) is 26.1. The minimum Gasteiger partial charge on any atom is -0.480 e. The summed E-state index contributed by atoms with van der Waals surface area (Å²) in [6.45, 7) is 5.23. The van der Waals surface area contributed by atoms with Gasteiger partial charge in [-0.3, -0.25) is 28.8 Å². The Morgan fingerprint density at radius 1 is 0.714 bits per heavy atom. The lowest BCUT2D eigenvalue weighted by molar-refractivity contribution is -0.148. The van der Waals surface area contributed by atoms with Crippen LogP contribution in [0.1, 0.15) is 120 Å². The van der Waals surface area contributed by atoms with Gasteiger partial charge in [0.2, 0.25) is 17.7 Å². The number of aliphatic hydroxyl groups excluding tert-OH is 1. The van der Waals surface area contributed by atoms with Crippen LogP contribution in [-0.2, 0) is 23.9 Å². The van der Waals surface area contributed by atoms with E-state index in [1.165, 1.54) is 62.7 Å². The van der Waals surface area contributed by atoms with E-state index in [1.807, 2.05) is 13.8 Å². The van der Waals surface area contributed by atoms with E-state index in [0.717, 1.165) is 22.7 Å². The number of nitrogens with zero attached hydrogens (tertiary/aromatic N) is 9. The molecule has 3 aliphatic rings. The van der Waals surface area contributed by atoms with Crippen LogP contribution in [-0.4, -0.2) is 136 Å². The maximum absolute atomic E-state index is 14.3. The second-order valence-corrected chi connectivity index (χ2v) is 25.4. The molecule has 0 aliphatic carbocycles. The number of aliphatic carboxylic acids is 1. The van der Waals surface area contributed by atoms with E-state index in [0.29, 0.717) is 93.9 Å². The first kappa shape index (κ1) is 57.7. The zero-order chi connectivity index (χ0) is 58.9. The van der Waals surface area contributed by atoms with Gasteiger partial charge in [0.15, 0.2) is 6.04 Å². The van der Waals surface area contributed by atoms with Crippen LogP contribution < -0.4 is 26.6 Å². The molecule has 6 atom stereocenters. The van der Waals surface area contributed by atoms with Gasteiger partial charge in [-0.25, -0.2) is 44.7 Å². The quantitative estimate of drug-likeness (QED) is 0.0823. The molecule has 8 aromatic rings. The van der Waals surface area contributed by atoms with Crippen molar-refractivity contribution in [3.8, 4) is 43.4 Å². The van der Waals surface area contributed by atoms with Crippen LogP contribution in [0, 0.1) is 12.8 Å². The summed E-state index contributed by atoms with van der Waals surface area (Å²) in [5.74, 6) is -4.40. The Morgan fingerprint density at radius 2 is 1.38 bits per heavy atom. The number of nitrogens with one attached hydrogen (secondary N) is 5. The predicted molar refractivity (Wildman–Crippen MR) is 315 cm³/mol. The smallest absolute Gasteiger partial charge is 0.326 e. The average molecular weight is 1250 g/mol. The van der Waals surface area contributed by atoms with Gasteiger partial charge in [0.25, 0.3) is 23.6 Å². The van der Waals surface area contributed by atoms with Gasteiger partial charge in [-0.15, -0.1) is 68.0 Å². The molecule has 1 fully saturated rings. The number of fused-ring (bicyclic) bond motifs is 14. The number of aryl methyl sites for hydroxylation is 1. The van der Waals surface area contributed by atoms with Crippen LogP contribution in [0.25, 0.3) is 43.4 Å². The van der Waals surface area contributed by atoms with Crippen LogP contribution >= 0.6 is 68.0 Å². The summed E-state index contributed by atoms with van der Waals surface area (Å²) in [7, 11) is 1.47. The number of amides is 6. The van der Waals surface area contributed by atoms with E-state index in [-0.39, 0.29) is 41.9 Å². The molecule has 6 amide bonds. The van der Waals surface area contributed by atoms with Crippen molar-refractivity contribution in [3.05, 3.63) is 118 Å². The summed E-state index contributed by atoms with van der Waals surface area (Å²) < 4.78 is 5.86. The van der Waals surface area contributed by atoms with Crippen molar-refractivity contribution in [1.82, 2.24) is 66.4 Å². The lowest BCUT2D eigenvalue weighted by Crippen LogP contribution is -2.45. The molecule has 10 heterocycles. The highest BCUT2D eigenvalue weighted by Crippen LogP contribution is 2.40. The van der Waals surface area contributed by atoms with Crippen LogP contribution in [0.5, 0.6) is 0 Å². The third-order valence-electron chi connectivity index (χ3n) is 13.8. The zero-order valence-electron chi connectivity index (χ0n) is 44.8. The monoisotopic (exact) mass is 1250 g/mol. The van der Waals surface area contributed by atoms with Crippen molar-refractivity contribution in [2.24, 2.45) is 10.9 Å². The number of rotatable bonds is 9. The number of benzene rings is 1. The normalized spacial score (nSPS) is 19.8. The minimum atomic E-state index is -1.27. The van der Waals surface area contributed by atoms with Gasteiger partial charge >= 0.3 is 5.97 Å². The molecule has 432 valence electrons. The molecule has 7 N–H and O–H groups in total. The largest absolute Gasteiger partial charge is 0.480 e. The van der Waals surface area contributed by atoms with E-state index >= 15 is 0 Å². The number of carboxylic acid groups (broad SMARTS) is 1. The Hall–Kier alpha value is -8.13. The number of aliphatic imine (C=N–C) groups is 1. The van der Waals surface area contributed by atoms with Gasteiger partial charge in [0.1, 0.15) is 94.7 Å². The van der Waals surface area contributed by atoms with Crippen LogP contribution in [0.4, 0.5) is 0 Å². The van der Waals surface area contributed by atoms with Crippen molar-refractivity contribution in [2.75, 3.05) is 26.7 Å². The van der Waals surface area contributed by atoms with Crippen molar-refractivity contribution in [1.29, 1.82) is 0 Å². The van der Waals surface area contributed by atoms with Gasteiger partial charge in [-0.1, -0.05) is 44.2 Å². The Labute approximate surface area is 502 Å². The number of ether oxygens (including phenoxy) is 1. The van der Waals surface area contributed by atoms with E-state index in [4.69, 9.17) is 29.7 Å². The standard InChI is InChI=1S/C54H50N14O10S6/c1-23(2)38-51-62-31(19-82-51)43(72)56-16-37(70)65-41(42(71)25-9-6-5-7-10-25)52-64-34(22-83-52)49-60-30(18-80-49)40-26(47-61-32(20-79-47)44(73)58-28(15-36(69)55-4)50-67-39(24(3)84-50)45(74)66-38)12-13-27(57-40)48-63-33(21-81-48)46-59-29(17-78-46)53(75)68-14-8-11-35(68)54(76)77/h5-7,9-10,12-13,18-23,28-29,35,38,41-42,71H,8,11,14-17H2,1-4H3,(H,55,69)(H,56,72)(H,58,73)(H,65,70)(H,66,74)(H,76,77)/t28-,29+,35+,38+,41+,42+/m1/s1. The summed E-state index contributed by atoms with van der Waals surface area (Å²) in [6, 6.07) is 7.71. The van der Waals surface area contributed by atoms with Gasteiger partial charge in [-0.05, 0) is 43.4 Å². The number of aliphatic hydroxyl groups is 1. The molecular weight excluding hydrogens is 1200 g/mol. The summed E-state index contributed by atoms with van der Waals surface area (Å²) in [6.07, 6.45) is -0.550. The summed E-state index contributed by atoms with van der Waals surface area (Å²) in [5.41, 5.74) is 3.06. The lowest BCUT2D eigenvalue weighted by atomic mass is 10.0. The first-order valence-corrected chi connectivity index (χ1v) is 31.4. The number of hydrogen-bond donors (Lipinski definition) is 7. The number of carboxylic acids is 1. The molecule has 30 heteroatoms. The molecule has 0 saturated carbocycles. The Balaban J connectivity index is 0.961. The molecule has 1 aromatic carbocycles.